The van der Waals surface area contributed by atoms with Gasteiger partial charge in [0.05, 0.1) is 154 Å². The number of hydrogen-bond acceptors (Lipinski definition) is 21. The van der Waals surface area contributed by atoms with Gasteiger partial charge < -0.3 is 88.8 Å². The number of cyclic esters (lactones) is 1. The number of azide groups is 1. The lowest BCUT2D eigenvalue weighted by atomic mass is 9.81. The SMILES string of the molecule is CC[C@@]1(O)C(=O)OCc2c1cc1n(c2=O)Cc2c-1nc1cc(F)c(C)c3c1c2[C@@H](NC(=O)OCc1ccc(NC(=O)[C@H](CCCCN)NC(=O)[C@@H](NC(=O)CCOCCOCCOCCOCCOCCOCCOCCOCCOCCN=[N+]=[N-])C(C)C)cc1)CC3. The molecule has 0 spiro atoms. The summed E-state index contributed by atoms with van der Waals surface area (Å²) in [5.74, 6) is -3.02. The highest BCUT2D eigenvalue weighted by molar-refractivity contribution is 5.98. The summed E-state index contributed by atoms with van der Waals surface area (Å²) in [5.41, 5.74) is 16.4. The van der Waals surface area contributed by atoms with E-state index in [-0.39, 0.29) is 75.9 Å². The number of ether oxygens (including phenoxy) is 11. The number of carbonyl (C=O) groups excluding carboxylic acids is 5. The van der Waals surface area contributed by atoms with Gasteiger partial charge in [0.2, 0.25) is 17.7 Å². The first-order chi connectivity index (χ1) is 45.1. The molecule has 4 aromatic rings. The second kappa shape index (κ2) is 38.2. The zero-order valence-corrected chi connectivity index (χ0v) is 53.6. The molecule has 4 atom stereocenters. The zero-order valence-electron chi connectivity index (χ0n) is 53.6. The van der Waals surface area contributed by atoms with E-state index in [2.05, 4.69) is 31.3 Å². The minimum atomic E-state index is -2.04. The third kappa shape index (κ3) is 21.1. The molecule has 2 aromatic heterocycles. The van der Waals surface area contributed by atoms with E-state index in [1.54, 1.807) is 58.0 Å². The van der Waals surface area contributed by atoms with Crippen molar-refractivity contribution in [2.75, 3.05) is 137 Å². The molecule has 4 amide bonds. The van der Waals surface area contributed by atoms with E-state index in [0.29, 0.717) is 188 Å². The van der Waals surface area contributed by atoms with Crippen LogP contribution < -0.4 is 32.6 Å². The molecule has 28 nitrogen and oxygen atoms in total. The molecule has 93 heavy (non-hydrogen) atoms. The number of esters is 1. The Balaban J connectivity index is 0.766. The summed E-state index contributed by atoms with van der Waals surface area (Å²) in [7, 11) is 0. The maximum atomic E-state index is 15.5. The Bertz CT molecular complexity index is 3240. The summed E-state index contributed by atoms with van der Waals surface area (Å²) in [6.07, 6.45) is 1.48. The molecule has 7 N–H and O–H groups in total. The lowest BCUT2D eigenvalue weighted by molar-refractivity contribution is -0.172. The van der Waals surface area contributed by atoms with E-state index in [4.69, 9.17) is 68.4 Å². The largest absolute Gasteiger partial charge is 0.458 e. The number of nitrogens with two attached hydrogens (primary N) is 1. The molecule has 7 rings (SSSR count). The average Bonchev–Trinajstić information content (AvgIpc) is 1.62. The fraction of sp³-hybridized carbons (Fsp3) is 0.609. The van der Waals surface area contributed by atoms with Crippen LogP contribution in [0.5, 0.6) is 0 Å². The van der Waals surface area contributed by atoms with Crippen LogP contribution in [-0.2, 0) is 103 Å². The number of unbranched alkanes of at least 4 members (excludes halogenated alkanes) is 1. The van der Waals surface area contributed by atoms with Crippen molar-refractivity contribution in [3.63, 3.8) is 0 Å². The van der Waals surface area contributed by atoms with Crippen LogP contribution in [0.1, 0.15) is 104 Å². The Hall–Kier alpha value is -7.25. The Kier molecular flexibility index (Phi) is 30.1. The number of alkyl carbamates (subject to hydrolysis) is 1. The number of aliphatic hydroxyl groups is 1. The van der Waals surface area contributed by atoms with Gasteiger partial charge in [-0.1, -0.05) is 38.0 Å². The van der Waals surface area contributed by atoms with Crippen molar-refractivity contribution >= 4 is 46.4 Å². The highest BCUT2D eigenvalue weighted by Gasteiger charge is 2.46. The van der Waals surface area contributed by atoms with Crippen molar-refractivity contribution in [2.24, 2.45) is 16.8 Å². The molecular formula is C64H89FN10O18. The van der Waals surface area contributed by atoms with Crippen molar-refractivity contribution in [1.29, 1.82) is 0 Å². The predicted octanol–water partition coefficient (Wildman–Crippen LogP) is 4.98. The predicted molar refractivity (Wildman–Crippen MR) is 336 cm³/mol. The molecule has 29 heteroatoms. The molecule has 3 aliphatic rings. The maximum absolute atomic E-state index is 15.5. The molecule has 1 aliphatic carbocycles. The highest BCUT2D eigenvalue weighted by Crippen LogP contribution is 2.46. The van der Waals surface area contributed by atoms with E-state index in [1.807, 2.05) is 0 Å². The molecular weight excluding hydrogens is 1220 g/mol. The van der Waals surface area contributed by atoms with Crippen molar-refractivity contribution in [3.05, 3.63) is 102 Å². The molecule has 0 fully saturated rings. The van der Waals surface area contributed by atoms with Crippen LogP contribution in [0.4, 0.5) is 14.9 Å². The van der Waals surface area contributed by atoms with Crippen LogP contribution in [0.2, 0.25) is 0 Å². The zero-order chi connectivity index (χ0) is 66.5. The van der Waals surface area contributed by atoms with E-state index in [1.165, 1.54) is 10.6 Å². The summed E-state index contributed by atoms with van der Waals surface area (Å²) in [4.78, 5) is 88.6. The van der Waals surface area contributed by atoms with Gasteiger partial charge in [-0.05, 0) is 104 Å². The van der Waals surface area contributed by atoms with Gasteiger partial charge in [0.25, 0.3) is 5.56 Å². The van der Waals surface area contributed by atoms with Gasteiger partial charge in [0.1, 0.15) is 31.1 Å². The maximum Gasteiger partial charge on any atom is 0.407 e. The summed E-state index contributed by atoms with van der Waals surface area (Å²) >= 11 is 0. The van der Waals surface area contributed by atoms with Gasteiger partial charge in [-0.25, -0.2) is 19.0 Å². The number of nitrogens with one attached hydrogen (secondary N) is 4. The topological polar surface area (TPSA) is 365 Å². The second-order valence-corrected chi connectivity index (χ2v) is 22.7. The van der Waals surface area contributed by atoms with Crippen LogP contribution in [0.25, 0.3) is 32.7 Å². The monoisotopic (exact) mass is 1300 g/mol. The smallest absolute Gasteiger partial charge is 0.407 e. The molecule has 0 saturated heterocycles. The first-order valence-corrected chi connectivity index (χ1v) is 31.7. The van der Waals surface area contributed by atoms with E-state index >= 15 is 4.39 Å². The van der Waals surface area contributed by atoms with E-state index < -0.39 is 64.9 Å². The lowest BCUT2D eigenvalue weighted by Gasteiger charge is -2.31. The van der Waals surface area contributed by atoms with Crippen molar-refractivity contribution in [1.82, 2.24) is 25.5 Å². The number of aromatic nitrogens is 2. The van der Waals surface area contributed by atoms with Crippen LogP contribution in [0.15, 0.2) is 46.3 Å². The van der Waals surface area contributed by atoms with Crippen LogP contribution in [0, 0.1) is 18.7 Å². The number of benzene rings is 2. The Morgan fingerprint density at radius 2 is 1.39 bits per heavy atom. The minimum Gasteiger partial charge on any atom is -0.458 e. The quantitative estimate of drug-likeness (QED) is 0.00984. The number of amides is 4. The molecule has 4 heterocycles. The number of pyridine rings is 2. The summed E-state index contributed by atoms with van der Waals surface area (Å²) in [5, 5.41) is 27.0. The van der Waals surface area contributed by atoms with Gasteiger partial charge in [0.15, 0.2) is 5.60 Å². The van der Waals surface area contributed by atoms with Gasteiger partial charge in [-0.3, -0.25) is 19.2 Å². The van der Waals surface area contributed by atoms with E-state index in [0.717, 1.165) is 5.56 Å². The number of hydrogen-bond donors (Lipinski definition) is 6. The number of carbonyl (C=O) groups is 5. The highest BCUT2D eigenvalue weighted by atomic mass is 19.1. The molecule has 0 bridgehead atoms. The third-order valence-corrected chi connectivity index (χ3v) is 16.0. The molecule has 2 aliphatic heterocycles. The van der Waals surface area contributed by atoms with Crippen molar-refractivity contribution < 1.29 is 85.6 Å². The summed E-state index contributed by atoms with van der Waals surface area (Å²) < 4.78 is 77.2. The van der Waals surface area contributed by atoms with Crippen LogP contribution in [-0.4, -0.2) is 189 Å². The molecule has 510 valence electrons. The number of anilines is 1. The number of nitrogens with zero attached hydrogens (tertiary/aromatic N) is 5. The van der Waals surface area contributed by atoms with Crippen LogP contribution >= 0.6 is 0 Å². The Labute approximate surface area is 539 Å². The molecule has 2 aromatic carbocycles. The van der Waals surface area contributed by atoms with E-state index in [9.17, 15) is 33.9 Å². The molecule has 0 saturated carbocycles. The molecule has 0 radical (unpaired) electrons. The Morgan fingerprint density at radius 3 is 1.95 bits per heavy atom. The van der Waals surface area contributed by atoms with Gasteiger partial charge in [-0.15, -0.1) is 0 Å². The second-order valence-electron chi connectivity index (χ2n) is 22.7. The fourth-order valence-electron chi connectivity index (χ4n) is 10.9. The first kappa shape index (κ1) is 73.2. The van der Waals surface area contributed by atoms with Crippen LogP contribution in [0.3, 0.4) is 0 Å². The fourth-order valence-corrected chi connectivity index (χ4v) is 10.9. The average molecular weight is 1310 g/mol. The minimum absolute atomic E-state index is 0.00770. The Morgan fingerprint density at radius 1 is 0.806 bits per heavy atom. The first-order valence-electron chi connectivity index (χ1n) is 31.7. The molecule has 0 unspecified atom stereocenters. The van der Waals surface area contributed by atoms with Gasteiger partial charge >= 0.3 is 12.1 Å². The van der Waals surface area contributed by atoms with Crippen molar-refractivity contribution in [3.8, 4) is 11.4 Å². The van der Waals surface area contributed by atoms with Gasteiger partial charge in [0, 0.05) is 46.1 Å². The summed E-state index contributed by atoms with van der Waals surface area (Å²) in [6, 6.07) is 7.05. The number of rotatable bonds is 44. The standard InChI is InChI=1S/C64H89FN10O18/c1-5-64(82)48-36-53-58-46(38-75(53)61(79)47(48)40-92-62(64)80)56-50(14-13-45-42(4)49(65)37-52(70-58)55(45)56)72-63(81)93-39-43-9-11-44(12-10-43)69-59(77)51(8-6-7-16-66)71-60(78)57(41(2)3)73-54(76)15-18-83-20-22-85-24-26-87-28-30-89-32-34-91-35-33-90-31-29-88-27-25-86-23-21-84-19-17-68-74-67/h9-12,36-37,41,50-51,57,82H,5-8,13-35,38-40,66H2,1-4H3,(H,69,77)(H,71,78)(H,72,81)(H,73,76)/t50-,51-,57-,64-/m0/s1. The number of fused-ring (bicyclic) bond motifs is 5. The third-order valence-electron chi connectivity index (χ3n) is 16.0. The van der Waals surface area contributed by atoms with Gasteiger partial charge in [-0.2, -0.15) is 0 Å². The summed E-state index contributed by atoms with van der Waals surface area (Å²) in [6.45, 7) is 14.1. The van der Waals surface area contributed by atoms with Crippen molar-refractivity contribution in [2.45, 2.75) is 116 Å². The lowest BCUT2D eigenvalue weighted by Crippen LogP contribution is -2.54. The normalized spacial score (nSPS) is 16.0. The number of aryl methyl sites for hydroxylation is 1. The number of halogens is 1.